The van der Waals surface area contributed by atoms with E-state index < -0.39 is 17.6 Å². The Labute approximate surface area is 71.7 Å². The Kier molecular flexibility index (Phi) is 2.45. The van der Waals surface area contributed by atoms with Crippen molar-refractivity contribution in [2.75, 3.05) is 0 Å². The van der Waals surface area contributed by atoms with Crippen molar-refractivity contribution in [3.8, 4) is 0 Å². The Morgan fingerprint density at radius 2 is 2.00 bits per heavy atom. The summed E-state index contributed by atoms with van der Waals surface area (Å²) in [6.07, 6.45) is -2.83. The molecule has 0 unspecified atom stereocenters. The summed E-state index contributed by atoms with van der Waals surface area (Å²) < 4.78 is 48.7. The Hall–Kier alpha value is -1.26. The van der Waals surface area contributed by atoms with Crippen LogP contribution >= 0.6 is 0 Å². The molecule has 0 aromatic heterocycles. The lowest BCUT2D eigenvalue weighted by Crippen LogP contribution is -2.14. The predicted molar refractivity (Wildman–Crippen MR) is 38.7 cm³/mol. The van der Waals surface area contributed by atoms with Gasteiger partial charge < -0.3 is 5.11 Å². The number of rotatable bonds is 0. The highest BCUT2D eigenvalue weighted by Gasteiger charge is 2.37. The number of hydrogen-bond acceptors (Lipinski definition) is 1. The molecule has 0 heterocycles. The molecule has 1 N–H and O–H groups in total. The Morgan fingerprint density at radius 1 is 1.38 bits per heavy atom. The van der Waals surface area contributed by atoms with Crippen molar-refractivity contribution in [1.29, 1.82) is 0 Å². The van der Waals surface area contributed by atoms with Gasteiger partial charge in [-0.2, -0.15) is 13.2 Å². The third-order valence-corrected chi connectivity index (χ3v) is 1.58. The van der Waals surface area contributed by atoms with Crippen LogP contribution in [0.2, 0.25) is 0 Å². The van der Waals surface area contributed by atoms with E-state index in [2.05, 4.69) is 0 Å². The van der Waals surface area contributed by atoms with Gasteiger partial charge in [0, 0.05) is 0 Å². The first kappa shape index (κ1) is 9.83. The summed E-state index contributed by atoms with van der Waals surface area (Å²) in [6, 6.07) is 0. The molecule has 13 heavy (non-hydrogen) atoms. The second kappa shape index (κ2) is 3.24. The summed E-state index contributed by atoms with van der Waals surface area (Å²) in [5.41, 5.74) is -1.31. The predicted octanol–water partition coefficient (Wildman–Crippen LogP) is 3.17. The van der Waals surface area contributed by atoms with Gasteiger partial charge in [0.05, 0.1) is 11.8 Å². The van der Waals surface area contributed by atoms with Gasteiger partial charge in [-0.1, -0.05) is 0 Å². The molecule has 0 aromatic carbocycles. The Bertz CT molecular complexity index is 296. The SMILES string of the molecule is O/C=C1/C=C(C(F)(F)F)C(F)=CC1. The lowest BCUT2D eigenvalue weighted by molar-refractivity contribution is -0.0912. The van der Waals surface area contributed by atoms with Crippen molar-refractivity contribution in [3.05, 3.63) is 35.4 Å². The number of hydrogen-bond donors (Lipinski definition) is 1. The lowest BCUT2D eigenvalue weighted by Gasteiger charge is -2.13. The molecular formula is C8H6F4O. The number of halogens is 4. The molecule has 0 atom stereocenters. The van der Waals surface area contributed by atoms with Crippen LogP contribution in [0.4, 0.5) is 17.6 Å². The summed E-state index contributed by atoms with van der Waals surface area (Å²) in [6.45, 7) is 0. The quantitative estimate of drug-likeness (QED) is 0.463. The molecule has 5 heteroatoms. The van der Waals surface area contributed by atoms with Gasteiger partial charge in [0.15, 0.2) is 0 Å². The fourth-order valence-electron chi connectivity index (χ4n) is 0.938. The lowest BCUT2D eigenvalue weighted by atomic mass is 10.0. The van der Waals surface area contributed by atoms with Gasteiger partial charge in [0.25, 0.3) is 0 Å². The van der Waals surface area contributed by atoms with Crippen molar-refractivity contribution in [2.45, 2.75) is 12.6 Å². The molecule has 0 spiro atoms. The maximum absolute atomic E-state index is 12.6. The summed E-state index contributed by atoms with van der Waals surface area (Å²) in [5.74, 6) is -1.29. The number of alkyl halides is 3. The molecule has 1 nitrogen and oxygen atoms in total. The molecule has 0 radical (unpaired) electrons. The van der Waals surface area contributed by atoms with E-state index in [1.54, 1.807) is 0 Å². The largest absolute Gasteiger partial charge is 0.515 e. The smallest absolute Gasteiger partial charge is 0.419 e. The van der Waals surface area contributed by atoms with E-state index >= 15 is 0 Å². The zero-order valence-corrected chi connectivity index (χ0v) is 6.40. The average molecular weight is 194 g/mol. The van der Waals surface area contributed by atoms with Crippen molar-refractivity contribution >= 4 is 0 Å². The first-order chi connectivity index (χ1) is 5.95. The van der Waals surface area contributed by atoms with Crippen LogP contribution in [0.3, 0.4) is 0 Å². The number of aliphatic hydroxyl groups excluding tert-OH is 1. The van der Waals surface area contributed by atoms with Crippen LogP contribution in [-0.2, 0) is 0 Å². The molecule has 0 bridgehead atoms. The zero-order valence-electron chi connectivity index (χ0n) is 6.40. The third-order valence-electron chi connectivity index (χ3n) is 1.58. The standard InChI is InChI=1S/C8H6F4O/c9-7-2-1-5(4-13)3-6(7)8(10,11)12/h2-4,13H,1H2/b5-4+. The van der Waals surface area contributed by atoms with E-state index in [0.717, 1.165) is 6.08 Å². The van der Waals surface area contributed by atoms with E-state index in [9.17, 15) is 17.6 Å². The van der Waals surface area contributed by atoms with Gasteiger partial charge in [-0.05, 0) is 24.1 Å². The van der Waals surface area contributed by atoms with Gasteiger partial charge in [-0.15, -0.1) is 0 Å². The summed E-state index contributed by atoms with van der Waals surface area (Å²) in [5, 5.41) is 8.44. The number of allylic oxidation sites excluding steroid dienone is 5. The normalized spacial score (nSPS) is 21.4. The zero-order chi connectivity index (χ0) is 10.1. The van der Waals surface area contributed by atoms with Crippen LogP contribution < -0.4 is 0 Å². The minimum Gasteiger partial charge on any atom is -0.515 e. The molecule has 1 rings (SSSR count). The maximum Gasteiger partial charge on any atom is 0.419 e. The van der Waals surface area contributed by atoms with E-state index in [1.165, 1.54) is 0 Å². The highest BCUT2D eigenvalue weighted by molar-refractivity contribution is 5.41. The Balaban J connectivity index is 3.06. The van der Waals surface area contributed by atoms with Gasteiger partial charge in [-0.25, -0.2) is 4.39 Å². The van der Waals surface area contributed by atoms with Crippen molar-refractivity contribution in [2.24, 2.45) is 0 Å². The summed E-state index contributed by atoms with van der Waals surface area (Å²) in [4.78, 5) is 0. The van der Waals surface area contributed by atoms with Crippen molar-refractivity contribution < 1.29 is 22.7 Å². The fourth-order valence-corrected chi connectivity index (χ4v) is 0.938. The topological polar surface area (TPSA) is 20.2 Å². The van der Waals surface area contributed by atoms with E-state index in [1.807, 2.05) is 0 Å². The Morgan fingerprint density at radius 3 is 2.46 bits per heavy atom. The molecule has 0 saturated heterocycles. The van der Waals surface area contributed by atoms with Crippen LogP contribution in [0.5, 0.6) is 0 Å². The molecule has 0 saturated carbocycles. The molecule has 1 aliphatic carbocycles. The van der Waals surface area contributed by atoms with Gasteiger partial charge in [0.2, 0.25) is 0 Å². The molecular weight excluding hydrogens is 188 g/mol. The fraction of sp³-hybridized carbons (Fsp3) is 0.250. The van der Waals surface area contributed by atoms with E-state index in [-0.39, 0.29) is 12.0 Å². The summed E-state index contributed by atoms with van der Waals surface area (Å²) in [7, 11) is 0. The first-order valence-corrected chi connectivity index (χ1v) is 3.43. The highest BCUT2D eigenvalue weighted by Crippen LogP contribution is 2.36. The molecule has 72 valence electrons. The molecule has 0 amide bonds. The van der Waals surface area contributed by atoms with Crippen LogP contribution in [0, 0.1) is 0 Å². The molecule has 0 aliphatic heterocycles. The van der Waals surface area contributed by atoms with Gasteiger partial charge in [-0.3, -0.25) is 0 Å². The van der Waals surface area contributed by atoms with E-state index in [4.69, 9.17) is 5.11 Å². The van der Waals surface area contributed by atoms with E-state index in [0.29, 0.717) is 12.3 Å². The molecule has 1 aliphatic rings. The highest BCUT2D eigenvalue weighted by atomic mass is 19.4. The van der Waals surface area contributed by atoms with Gasteiger partial charge >= 0.3 is 6.18 Å². The number of aliphatic hydroxyl groups is 1. The van der Waals surface area contributed by atoms with Crippen LogP contribution in [0.1, 0.15) is 6.42 Å². The minimum absolute atomic E-state index is 0.0259. The van der Waals surface area contributed by atoms with Crippen molar-refractivity contribution in [1.82, 2.24) is 0 Å². The summed E-state index contributed by atoms with van der Waals surface area (Å²) >= 11 is 0. The van der Waals surface area contributed by atoms with Crippen LogP contribution in [-0.4, -0.2) is 11.3 Å². The van der Waals surface area contributed by atoms with Crippen LogP contribution in [0.15, 0.2) is 35.4 Å². The van der Waals surface area contributed by atoms with Gasteiger partial charge in [0.1, 0.15) is 5.83 Å². The third kappa shape index (κ3) is 2.11. The monoisotopic (exact) mass is 194 g/mol. The minimum atomic E-state index is -4.71. The second-order valence-electron chi connectivity index (χ2n) is 2.52. The first-order valence-electron chi connectivity index (χ1n) is 3.43. The average Bonchev–Trinajstić information content (AvgIpc) is 2.03. The maximum atomic E-state index is 12.6. The van der Waals surface area contributed by atoms with Crippen molar-refractivity contribution in [3.63, 3.8) is 0 Å². The molecule has 0 aromatic rings. The molecule has 0 fully saturated rings. The second-order valence-corrected chi connectivity index (χ2v) is 2.52. The van der Waals surface area contributed by atoms with Crippen LogP contribution in [0.25, 0.3) is 0 Å².